The van der Waals surface area contributed by atoms with Gasteiger partial charge in [-0.25, -0.2) is 0 Å². The van der Waals surface area contributed by atoms with Gasteiger partial charge >= 0.3 is 0 Å². The lowest BCUT2D eigenvalue weighted by molar-refractivity contribution is 0.320. The maximum Gasteiger partial charge on any atom is 0.184 e. The summed E-state index contributed by atoms with van der Waals surface area (Å²) in [5.41, 5.74) is 8.40. The van der Waals surface area contributed by atoms with E-state index in [0.717, 1.165) is 0 Å². The minimum Gasteiger partial charge on any atom is -0.411 e. The van der Waals surface area contributed by atoms with Crippen molar-refractivity contribution in [2.45, 2.75) is 13.8 Å². The molecule has 0 aromatic carbocycles. The molecule has 0 saturated carbocycles. The van der Waals surface area contributed by atoms with Crippen molar-refractivity contribution in [2.75, 3.05) is 0 Å². The summed E-state index contributed by atoms with van der Waals surface area (Å²) >= 11 is 4.49. The van der Waals surface area contributed by atoms with Gasteiger partial charge in [0.05, 0.1) is 11.4 Å². The first-order valence-electron chi connectivity index (χ1n) is 2.86. The van der Waals surface area contributed by atoms with Crippen LogP contribution in [0.1, 0.15) is 13.8 Å². The van der Waals surface area contributed by atoms with Gasteiger partial charge in [-0.15, -0.1) is 0 Å². The number of hydrazone groups is 1. The molecule has 0 aromatic rings. The van der Waals surface area contributed by atoms with Crippen LogP contribution in [0, 0.1) is 0 Å². The Bertz CT molecular complexity index is 211. The van der Waals surface area contributed by atoms with Crippen LogP contribution in [-0.4, -0.2) is 21.7 Å². The Morgan fingerprint density at radius 3 is 2.36 bits per heavy atom. The molecule has 4 N–H and O–H groups in total. The summed E-state index contributed by atoms with van der Waals surface area (Å²) in [5.74, 6) is 0. The molecule has 0 rings (SSSR count). The third-order valence-electron chi connectivity index (χ3n) is 1.01. The Balaban J connectivity index is 4.12. The van der Waals surface area contributed by atoms with Crippen LogP contribution >= 0.6 is 12.2 Å². The van der Waals surface area contributed by atoms with E-state index in [9.17, 15) is 0 Å². The SMILES string of the molecule is CC(=N\O)/C(C)=N/NC(N)=S. The molecule has 0 unspecified atom stereocenters. The monoisotopic (exact) mass is 174 g/mol. The molecule has 0 aliphatic heterocycles. The van der Waals surface area contributed by atoms with E-state index in [0.29, 0.717) is 11.4 Å². The Hall–Kier alpha value is -1.17. The highest BCUT2D eigenvalue weighted by molar-refractivity contribution is 7.80. The fraction of sp³-hybridized carbons (Fsp3) is 0.400. The zero-order valence-electron chi connectivity index (χ0n) is 6.33. The second kappa shape index (κ2) is 4.62. The van der Waals surface area contributed by atoms with Crippen molar-refractivity contribution in [3.05, 3.63) is 0 Å². The Morgan fingerprint density at radius 1 is 1.45 bits per heavy atom. The number of oxime groups is 1. The number of nitrogens with zero attached hydrogens (tertiary/aromatic N) is 2. The van der Waals surface area contributed by atoms with Crippen LogP contribution in [-0.2, 0) is 0 Å². The van der Waals surface area contributed by atoms with Crippen LogP contribution in [0.25, 0.3) is 0 Å². The van der Waals surface area contributed by atoms with Gasteiger partial charge < -0.3 is 10.9 Å². The molecule has 0 radical (unpaired) electrons. The average Bonchev–Trinajstić information content (AvgIpc) is 1.98. The van der Waals surface area contributed by atoms with Gasteiger partial charge in [0.2, 0.25) is 0 Å². The Labute approximate surface area is 70.0 Å². The maximum absolute atomic E-state index is 8.29. The normalized spacial score (nSPS) is 12.9. The molecule has 62 valence electrons. The van der Waals surface area contributed by atoms with Gasteiger partial charge in [-0.2, -0.15) is 5.10 Å². The van der Waals surface area contributed by atoms with E-state index in [1.165, 1.54) is 0 Å². The van der Waals surface area contributed by atoms with Gasteiger partial charge in [0.1, 0.15) is 0 Å². The highest BCUT2D eigenvalue weighted by atomic mass is 32.1. The van der Waals surface area contributed by atoms with Gasteiger partial charge in [-0.3, -0.25) is 5.43 Å². The predicted molar refractivity (Wildman–Crippen MR) is 47.9 cm³/mol. The molecule has 5 nitrogen and oxygen atoms in total. The summed E-state index contributed by atoms with van der Waals surface area (Å²) in [6, 6.07) is 0. The van der Waals surface area contributed by atoms with E-state index in [1.54, 1.807) is 13.8 Å². The van der Waals surface area contributed by atoms with Gasteiger partial charge in [-0.05, 0) is 26.1 Å². The summed E-state index contributed by atoms with van der Waals surface area (Å²) in [6.45, 7) is 3.28. The molecule has 0 spiro atoms. The summed E-state index contributed by atoms with van der Waals surface area (Å²) in [5, 5.41) is 15.0. The zero-order valence-corrected chi connectivity index (χ0v) is 7.14. The molecule has 0 bridgehead atoms. The first-order chi connectivity index (χ1) is 5.07. The predicted octanol–water partition coefficient (Wildman–Crippen LogP) is 0.0456. The van der Waals surface area contributed by atoms with Gasteiger partial charge in [0.15, 0.2) is 5.11 Å². The number of nitrogens with one attached hydrogen (secondary N) is 1. The van der Waals surface area contributed by atoms with Crippen LogP contribution in [0.15, 0.2) is 10.3 Å². The molecule has 0 fully saturated rings. The molecular formula is C5H10N4OS. The quantitative estimate of drug-likeness (QED) is 0.239. The van der Waals surface area contributed by atoms with Crippen molar-refractivity contribution in [3.63, 3.8) is 0 Å². The molecule has 0 heterocycles. The smallest absolute Gasteiger partial charge is 0.184 e. The van der Waals surface area contributed by atoms with E-state index in [2.05, 4.69) is 27.9 Å². The molecule has 0 saturated heterocycles. The van der Waals surface area contributed by atoms with Crippen LogP contribution in [0.3, 0.4) is 0 Å². The van der Waals surface area contributed by atoms with Crippen molar-refractivity contribution < 1.29 is 5.21 Å². The second-order valence-electron chi connectivity index (χ2n) is 1.86. The Kier molecular flexibility index (Phi) is 4.12. The summed E-state index contributed by atoms with van der Waals surface area (Å²) in [6.07, 6.45) is 0. The van der Waals surface area contributed by atoms with Crippen molar-refractivity contribution in [1.82, 2.24) is 5.43 Å². The lowest BCUT2D eigenvalue weighted by atomic mass is 10.3. The van der Waals surface area contributed by atoms with E-state index in [4.69, 9.17) is 10.9 Å². The number of hydrogen-bond donors (Lipinski definition) is 3. The second-order valence-corrected chi connectivity index (χ2v) is 2.30. The van der Waals surface area contributed by atoms with Gasteiger partial charge in [0.25, 0.3) is 0 Å². The third-order valence-corrected chi connectivity index (χ3v) is 1.10. The van der Waals surface area contributed by atoms with E-state index < -0.39 is 0 Å². The van der Waals surface area contributed by atoms with Gasteiger partial charge in [0, 0.05) is 0 Å². The standard InChI is InChI=1S/C5H10N4OS/c1-3(4(2)9-10)7-8-5(6)11/h10H,1-2H3,(H3,6,8,11)/b7-3+,9-4+. The molecule has 0 atom stereocenters. The summed E-state index contributed by atoms with van der Waals surface area (Å²) < 4.78 is 0. The molecule has 0 aliphatic carbocycles. The number of thiocarbonyl (C=S) groups is 1. The lowest BCUT2D eigenvalue weighted by Crippen LogP contribution is -2.26. The summed E-state index contributed by atoms with van der Waals surface area (Å²) in [7, 11) is 0. The molecule has 0 aromatic heterocycles. The fourth-order valence-electron chi connectivity index (χ4n) is 0.292. The fourth-order valence-corrected chi connectivity index (χ4v) is 0.338. The summed E-state index contributed by atoms with van der Waals surface area (Å²) in [4.78, 5) is 0. The molecule has 11 heavy (non-hydrogen) atoms. The van der Waals surface area contributed by atoms with Crippen molar-refractivity contribution in [3.8, 4) is 0 Å². The minimum atomic E-state index is 0.0788. The van der Waals surface area contributed by atoms with Crippen molar-refractivity contribution in [2.24, 2.45) is 16.0 Å². The number of hydrogen-bond acceptors (Lipinski definition) is 4. The first kappa shape index (κ1) is 9.83. The zero-order chi connectivity index (χ0) is 8.85. The highest BCUT2D eigenvalue weighted by Gasteiger charge is 1.95. The third kappa shape index (κ3) is 4.26. The largest absolute Gasteiger partial charge is 0.411 e. The maximum atomic E-state index is 8.29. The van der Waals surface area contributed by atoms with Crippen LogP contribution in [0.4, 0.5) is 0 Å². The number of rotatable bonds is 2. The van der Waals surface area contributed by atoms with E-state index in [-0.39, 0.29) is 5.11 Å². The minimum absolute atomic E-state index is 0.0788. The highest BCUT2D eigenvalue weighted by Crippen LogP contribution is 1.80. The first-order valence-corrected chi connectivity index (χ1v) is 3.27. The van der Waals surface area contributed by atoms with Crippen molar-refractivity contribution in [1.29, 1.82) is 0 Å². The molecule has 0 amide bonds. The number of nitrogens with two attached hydrogens (primary N) is 1. The van der Waals surface area contributed by atoms with Crippen LogP contribution in [0.2, 0.25) is 0 Å². The average molecular weight is 174 g/mol. The van der Waals surface area contributed by atoms with Gasteiger partial charge in [-0.1, -0.05) is 5.16 Å². The Morgan fingerprint density at radius 2 is 2.00 bits per heavy atom. The van der Waals surface area contributed by atoms with Crippen LogP contribution < -0.4 is 11.2 Å². The van der Waals surface area contributed by atoms with E-state index >= 15 is 0 Å². The van der Waals surface area contributed by atoms with Crippen molar-refractivity contribution >= 4 is 28.8 Å². The molecular weight excluding hydrogens is 164 g/mol. The topological polar surface area (TPSA) is 83.0 Å². The molecule has 6 heteroatoms. The molecule has 0 aliphatic rings. The van der Waals surface area contributed by atoms with Crippen LogP contribution in [0.5, 0.6) is 0 Å². The van der Waals surface area contributed by atoms with E-state index in [1.807, 2.05) is 0 Å². The lowest BCUT2D eigenvalue weighted by Gasteiger charge is -1.97.